The lowest BCUT2D eigenvalue weighted by Crippen LogP contribution is -2.53. The first-order valence-corrected chi connectivity index (χ1v) is 10.6. The van der Waals surface area contributed by atoms with Crippen LogP contribution in [-0.4, -0.2) is 5.54 Å². The molecule has 4 aliphatic rings. The summed E-state index contributed by atoms with van der Waals surface area (Å²) in [7, 11) is 0. The largest absolute Gasteiger partial charge is 0.306 e. The van der Waals surface area contributed by atoms with Crippen LogP contribution < -0.4 is 5.32 Å². The van der Waals surface area contributed by atoms with Gasteiger partial charge in [-0.2, -0.15) is 0 Å². The van der Waals surface area contributed by atoms with E-state index in [0.29, 0.717) is 5.54 Å². The van der Waals surface area contributed by atoms with E-state index >= 15 is 0 Å². The molecular weight excluding hydrogens is 330 g/mol. The topological polar surface area (TPSA) is 12.0 Å². The highest BCUT2D eigenvalue weighted by atomic mass is 35.5. The Morgan fingerprint density at radius 1 is 1.05 bits per heavy atom. The summed E-state index contributed by atoms with van der Waals surface area (Å²) in [5.74, 6) is 3.02. The van der Waals surface area contributed by atoms with Gasteiger partial charge in [-0.3, -0.25) is 0 Å². The second-order valence-electron chi connectivity index (χ2n) is 7.90. The summed E-state index contributed by atoms with van der Waals surface area (Å²) in [5, 5.41) is 5.36. The number of nitrogens with one attached hydrogen (secondary N) is 1. The second kappa shape index (κ2) is 5.20. The Morgan fingerprint density at radius 2 is 1.77 bits per heavy atom. The summed E-state index contributed by atoms with van der Waals surface area (Å²) < 4.78 is 2.29. The van der Waals surface area contributed by atoms with Gasteiger partial charge in [-0.15, -0.1) is 22.7 Å². The molecule has 0 aliphatic heterocycles. The fourth-order valence-corrected chi connectivity index (χ4v) is 8.28. The lowest BCUT2D eigenvalue weighted by atomic mass is 9.63. The Kier molecular flexibility index (Phi) is 3.38. The fourth-order valence-electron chi connectivity index (χ4n) is 5.63. The van der Waals surface area contributed by atoms with Crippen LogP contribution in [0.15, 0.2) is 12.1 Å². The molecule has 1 nitrogen and oxygen atoms in total. The average molecular weight is 352 g/mol. The highest BCUT2D eigenvalue weighted by Gasteiger charge is 2.48. The van der Waals surface area contributed by atoms with Gasteiger partial charge in [0, 0.05) is 22.3 Å². The molecule has 4 heteroatoms. The van der Waals surface area contributed by atoms with Gasteiger partial charge in [-0.25, -0.2) is 0 Å². The first kappa shape index (κ1) is 14.3. The van der Waals surface area contributed by atoms with Crippen molar-refractivity contribution >= 4 is 43.7 Å². The summed E-state index contributed by atoms with van der Waals surface area (Å²) in [6.07, 6.45) is 10.3. The van der Waals surface area contributed by atoms with Gasteiger partial charge >= 0.3 is 0 Å². The van der Waals surface area contributed by atoms with Crippen molar-refractivity contribution in [2.24, 2.45) is 17.8 Å². The van der Waals surface area contributed by atoms with Crippen LogP contribution in [0.5, 0.6) is 0 Å². The molecular formula is C18H22ClNS2. The van der Waals surface area contributed by atoms with Gasteiger partial charge in [-0.1, -0.05) is 24.4 Å². The van der Waals surface area contributed by atoms with Crippen LogP contribution in [0.3, 0.4) is 0 Å². The summed E-state index contributed by atoms with van der Waals surface area (Å²) >= 11 is 9.73. The predicted octanol–water partition coefficient (Wildman–Crippen LogP) is 6.06. The van der Waals surface area contributed by atoms with E-state index in [-0.39, 0.29) is 0 Å². The van der Waals surface area contributed by atoms with Crippen LogP contribution >= 0.6 is 34.3 Å². The third kappa shape index (κ3) is 2.45. The van der Waals surface area contributed by atoms with E-state index in [4.69, 9.17) is 11.6 Å². The van der Waals surface area contributed by atoms with Crippen molar-refractivity contribution < 1.29 is 0 Å². The highest BCUT2D eigenvalue weighted by Crippen LogP contribution is 2.53. The Bertz CT molecular complexity index is 656. The zero-order chi connectivity index (χ0) is 14.7. The molecule has 4 bridgehead atoms. The van der Waals surface area contributed by atoms with E-state index in [9.17, 15) is 0 Å². The molecule has 2 unspecified atom stereocenters. The van der Waals surface area contributed by atoms with Gasteiger partial charge in [0.05, 0.1) is 8.35 Å². The number of thiophene rings is 2. The third-order valence-electron chi connectivity index (χ3n) is 6.23. The number of halogens is 1. The van der Waals surface area contributed by atoms with E-state index in [1.54, 1.807) is 11.3 Å². The van der Waals surface area contributed by atoms with Gasteiger partial charge in [0.15, 0.2) is 0 Å². The maximum atomic E-state index is 6.09. The van der Waals surface area contributed by atoms with E-state index < -0.39 is 0 Å². The van der Waals surface area contributed by atoms with E-state index in [1.165, 1.54) is 59.2 Å². The molecule has 2 heterocycles. The van der Waals surface area contributed by atoms with Crippen molar-refractivity contribution in [1.82, 2.24) is 5.32 Å². The summed E-state index contributed by atoms with van der Waals surface area (Å²) in [6.45, 7) is 1.05. The maximum Gasteiger partial charge on any atom is 0.0949 e. The zero-order valence-corrected chi connectivity index (χ0v) is 15.1. The van der Waals surface area contributed by atoms with Crippen LogP contribution in [0.1, 0.15) is 49.8 Å². The van der Waals surface area contributed by atoms with E-state index in [0.717, 1.165) is 28.6 Å². The zero-order valence-electron chi connectivity index (χ0n) is 12.7. The smallest absolute Gasteiger partial charge is 0.0949 e. The Balaban J connectivity index is 1.35. The standard InChI is InChI=1S/C18H22ClNS2/c19-16-6-14-5-15(21-17(14)22-16)10-20-18-7-11-1-2-12(8-18)4-13(3-11)9-18/h5-6,11-13,20H,1-4,7-10H2. The van der Waals surface area contributed by atoms with Crippen LogP contribution in [0.25, 0.3) is 9.40 Å². The molecule has 2 aromatic rings. The Morgan fingerprint density at radius 3 is 2.50 bits per heavy atom. The molecule has 0 radical (unpaired) electrons. The van der Waals surface area contributed by atoms with E-state index in [1.807, 2.05) is 11.3 Å². The first-order valence-electron chi connectivity index (χ1n) is 8.60. The molecule has 4 fully saturated rings. The highest BCUT2D eigenvalue weighted by molar-refractivity contribution is 7.39. The number of hydrogen-bond donors (Lipinski definition) is 1. The van der Waals surface area contributed by atoms with Crippen LogP contribution in [-0.2, 0) is 6.54 Å². The van der Waals surface area contributed by atoms with E-state index in [2.05, 4.69) is 17.4 Å². The summed E-state index contributed by atoms with van der Waals surface area (Å²) in [6, 6.07) is 4.45. The van der Waals surface area contributed by atoms with Crippen LogP contribution in [0.2, 0.25) is 4.34 Å². The Hall–Kier alpha value is -0.0900. The summed E-state index contributed by atoms with van der Waals surface area (Å²) in [5.41, 5.74) is 0.460. The SMILES string of the molecule is Clc1cc2cc(CNC34CC5CCC(CC(C5)C3)C4)sc2s1. The number of hydrogen-bond acceptors (Lipinski definition) is 3. The van der Waals surface area contributed by atoms with Crippen molar-refractivity contribution in [1.29, 1.82) is 0 Å². The third-order valence-corrected chi connectivity index (χ3v) is 8.75. The first-order chi connectivity index (χ1) is 10.7. The van der Waals surface area contributed by atoms with Crippen molar-refractivity contribution in [3.63, 3.8) is 0 Å². The van der Waals surface area contributed by atoms with Gasteiger partial charge in [0.1, 0.15) is 0 Å². The van der Waals surface area contributed by atoms with Crippen LogP contribution in [0, 0.1) is 17.8 Å². The monoisotopic (exact) mass is 351 g/mol. The molecule has 118 valence electrons. The Labute approximate surface area is 145 Å². The lowest BCUT2D eigenvalue weighted by Gasteiger charge is -2.49. The molecule has 1 N–H and O–H groups in total. The number of fused-ring (bicyclic) bond motifs is 2. The second-order valence-corrected chi connectivity index (χ2v) is 11.0. The quantitative estimate of drug-likeness (QED) is 0.708. The van der Waals surface area contributed by atoms with Gasteiger partial charge in [0.25, 0.3) is 0 Å². The minimum Gasteiger partial charge on any atom is -0.306 e. The molecule has 0 spiro atoms. The minimum absolute atomic E-state index is 0.460. The van der Waals surface area contributed by atoms with Crippen molar-refractivity contribution in [3.05, 3.63) is 21.3 Å². The van der Waals surface area contributed by atoms with Crippen molar-refractivity contribution in [2.75, 3.05) is 0 Å². The fraction of sp³-hybridized carbons (Fsp3) is 0.667. The van der Waals surface area contributed by atoms with Gasteiger partial charge in [-0.05, 0) is 62.0 Å². The van der Waals surface area contributed by atoms with Crippen molar-refractivity contribution in [3.8, 4) is 0 Å². The average Bonchev–Trinajstić information content (AvgIpc) is 2.91. The number of rotatable bonds is 3. The molecule has 0 amide bonds. The molecule has 2 atom stereocenters. The molecule has 0 aromatic carbocycles. The molecule has 4 aliphatic carbocycles. The predicted molar refractivity (Wildman–Crippen MR) is 97.1 cm³/mol. The lowest BCUT2D eigenvalue weighted by molar-refractivity contribution is 0.0721. The molecule has 22 heavy (non-hydrogen) atoms. The van der Waals surface area contributed by atoms with Gasteiger partial charge < -0.3 is 5.32 Å². The molecule has 6 rings (SSSR count). The molecule has 0 saturated heterocycles. The van der Waals surface area contributed by atoms with Crippen molar-refractivity contribution in [2.45, 2.75) is 57.0 Å². The summed E-state index contributed by atoms with van der Waals surface area (Å²) in [4.78, 5) is 1.48. The molecule has 4 saturated carbocycles. The minimum atomic E-state index is 0.460. The van der Waals surface area contributed by atoms with Gasteiger partial charge in [0.2, 0.25) is 0 Å². The molecule has 2 aromatic heterocycles. The maximum absolute atomic E-state index is 6.09. The van der Waals surface area contributed by atoms with Crippen LogP contribution in [0.4, 0.5) is 0 Å². The normalized spacial score (nSPS) is 37.0.